The van der Waals surface area contributed by atoms with Crippen molar-refractivity contribution in [1.82, 2.24) is 19.8 Å². The number of imidazole rings is 1. The Morgan fingerprint density at radius 3 is 2.70 bits per heavy atom. The van der Waals surface area contributed by atoms with Crippen LogP contribution in [-0.2, 0) is 19.1 Å². The van der Waals surface area contributed by atoms with Crippen LogP contribution in [0.5, 0.6) is 0 Å². The Morgan fingerprint density at radius 2 is 2.10 bits per heavy atom. The lowest BCUT2D eigenvalue weighted by atomic mass is 10.1. The molecule has 7 heteroatoms. The molecule has 1 N–H and O–H groups in total. The third kappa shape index (κ3) is 3.15. The second-order valence-corrected chi connectivity index (χ2v) is 5.56. The number of nitrogens with zero attached hydrogens (tertiary/aromatic N) is 3. The summed E-state index contributed by atoms with van der Waals surface area (Å²) in [5.74, 6) is -0.752. The Bertz CT molecular complexity index is 465. The van der Waals surface area contributed by atoms with Crippen LogP contribution in [0.15, 0.2) is 0 Å². The minimum absolute atomic E-state index is 0.205. The largest absolute Gasteiger partial charge is 0.449 e. The van der Waals surface area contributed by atoms with Crippen molar-refractivity contribution < 1.29 is 13.2 Å². The molecule has 1 aromatic rings. The molecule has 0 bridgehead atoms. The van der Waals surface area contributed by atoms with Gasteiger partial charge in [0.2, 0.25) is 5.82 Å². The summed E-state index contributed by atoms with van der Waals surface area (Å²) in [6, 6.07) is -0.205. The van der Waals surface area contributed by atoms with E-state index in [0.717, 1.165) is 12.2 Å². The summed E-state index contributed by atoms with van der Waals surface area (Å²) in [5, 5.41) is 3.07. The molecule has 0 aliphatic carbocycles. The molecular formula is C13H21F3N4. The van der Waals surface area contributed by atoms with Crippen LogP contribution in [0.2, 0.25) is 0 Å². The maximum atomic E-state index is 13.2. The molecule has 2 heterocycles. The van der Waals surface area contributed by atoms with Gasteiger partial charge >= 0.3 is 6.18 Å². The normalized spacial score (nSPS) is 17.4. The Hall–Kier alpha value is -1.08. The molecule has 0 spiro atoms. The minimum atomic E-state index is -4.40. The third-order valence-electron chi connectivity index (χ3n) is 3.61. The fraction of sp³-hybridized carbons (Fsp3) is 0.769. The Labute approximate surface area is 117 Å². The van der Waals surface area contributed by atoms with E-state index in [-0.39, 0.29) is 6.04 Å². The van der Waals surface area contributed by atoms with E-state index in [9.17, 15) is 13.2 Å². The second-order valence-electron chi connectivity index (χ2n) is 5.56. The molecule has 0 amide bonds. The number of aromatic nitrogens is 2. The predicted octanol–water partition coefficient (Wildman–Crippen LogP) is 2.06. The van der Waals surface area contributed by atoms with Crippen molar-refractivity contribution in [2.24, 2.45) is 0 Å². The van der Waals surface area contributed by atoms with Crippen LogP contribution in [0.1, 0.15) is 36.6 Å². The summed E-state index contributed by atoms with van der Waals surface area (Å²) >= 11 is 0. The molecule has 0 aromatic carbocycles. The standard InChI is InChI=1S/C13H21F3N4/c1-9(5-7-19(2)3)20-11-4-6-17-8-10(11)18-12(20)13(14,15)16/h9,17H,4-8H2,1-3H3. The van der Waals surface area contributed by atoms with Crippen molar-refractivity contribution in [2.75, 3.05) is 27.2 Å². The van der Waals surface area contributed by atoms with Gasteiger partial charge in [0, 0.05) is 31.2 Å². The highest BCUT2D eigenvalue weighted by Crippen LogP contribution is 2.34. The Balaban J connectivity index is 2.35. The molecule has 1 aromatic heterocycles. The average Bonchev–Trinajstić information content (AvgIpc) is 2.75. The van der Waals surface area contributed by atoms with E-state index in [0.29, 0.717) is 31.6 Å². The molecule has 1 aliphatic heterocycles. The van der Waals surface area contributed by atoms with E-state index in [2.05, 4.69) is 10.3 Å². The summed E-state index contributed by atoms with van der Waals surface area (Å²) < 4.78 is 40.9. The lowest BCUT2D eigenvalue weighted by Crippen LogP contribution is -2.27. The zero-order valence-corrected chi connectivity index (χ0v) is 12.1. The first-order valence-corrected chi connectivity index (χ1v) is 6.83. The van der Waals surface area contributed by atoms with Crippen LogP contribution in [0, 0.1) is 0 Å². The number of rotatable bonds is 4. The molecule has 1 aliphatic rings. The first-order valence-electron chi connectivity index (χ1n) is 6.83. The summed E-state index contributed by atoms with van der Waals surface area (Å²) in [4.78, 5) is 5.81. The molecule has 0 saturated carbocycles. The molecule has 0 fully saturated rings. The monoisotopic (exact) mass is 290 g/mol. The number of halogens is 3. The van der Waals surface area contributed by atoms with Crippen molar-refractivity contribution in [3.8, 4) is 0 Å². The number of hydrogen-bond donors (Lipinski definition) is 1. The molecule has 114 valence electrons. The fourth-order valence-electron chi connectivity index (χ4n) is 2.58. The van der Waals surface area contributed by atoms with Gasteiger partial charge in [-0.2, -0.15) is 13.2 Å². The molecule has 20 heavy (non-hydrogen) atoms. The van der Waals surface area contributed by atoms with Gasteiger partial charge in [-0.05, 0) is 34.0 Å². The second kappa shape index (κ2) is 5.73. The van der Waals surface area contributed by atoms with Gasteiger partial charge in [-0.15, -0.1) is 0 Å². The summed E-state index contributed by atoms with van der Waals surface area (Å²) in [6.45, 7) is 3.72. The molecule has 0 saturated heterocycles. The zero-order chi connectivity index (χ0) is 14.9. The molecule has 4 nitrogen and oxygen atoms in total. The molecule has 1 unspecified atom stereocenters. The first-order chi connectivity index (χ1) is 9.30. The lowest BCUT2D eigenvalue weighted by molar-refractivity contribution is -0.148. The van der Waals surface area contributed by atoms with Crippen LogP contribution in [-0.4, -0.2) is 41.6 Å². The molecule has 2 rings (SSSR count). The topological polar surface area (TPSA) is 33.1 Å². The van der Waals surface area contributed by atoms with Crippen molar-refractivity contribution in [2.45, 2.75) is 38.5 Å². The maximum Gasteiger partial charge on any atom is 0.449 e. The smallest absolute Gasteiger partial charge is 0.321 e. The van der Waals surface area contributed by atoms with Crippen LogP contribution in [0.3, 0.4) is 0 Å². The van der Waals surface area contributed by atoms with Gasteiger partial charge in [0.15, 0.2) is 0 Å². The Morgan fingerprint density at radius 1 is 1.40 bits per heavy atom. The number of nitrogens with one attached hydrogen (secondary N) is 1. The highest BCUT2D eigenvalue weighted by molar-refractivity contribution is 5.22. The van der Waals surface area contributed by atoms with Gasteiger partial charge in [0.1, 0.15) is 0 Å². The summed E-state index contributed by atoms with van der Waals surface area (Å²) in [5.41, 5.74) is 1.28. The highest BCUT2D eigenvalue weighted by atomic mass is 19.4. The third-order valence-corrected chi connectivity index (χ3v) is 3.61. The summed E-state index contributed by atoms with van der Waals surface area (Å²) in [7, 11) is 3.84. The van der Waals surface area contributed by atoms with Crippen molar-refractivity contribution in [3.63, 3.8) is 0 Å². The number of fused-ring (bicyclic) bond motifs is 1. The van der Waals surface area contributed by atoms with E-state index in [1.54, 1.807) is 0 Å². The average molecular weight is 290 g/mol. The maximum absolute atomic E-state index is 13.2. The molecular weight excluding hydrogens is 269 g/mol. The van der Waals surface area contributed by atoms with Gasteiger partial charge < -0.3 is 14.8 Å². The van der Waals surface area contributed by atoms with Crippen LogP contribution in [0.25, 0.3) is 0 Å². The van der Waals surface area contributed by atoms with Gasteiger partial charge in [-0.3, -0.25) is 0 Å². The molecule has 0 radical (unpaired) electrons. The van der Waals surface area contributed by atoms with Gasteiger partial charge in [0.05, 0.1) is 5.69 Å². The van der Waals surface area contributed by atoms with Gasteiger partial charge in [0.25, 0.3) is 0 Å². The number of hydrogen-bond acceptors (Lipinski definition) is 3. The zero-order valence-electron chi connectivity index (χ0n) is 12.1. The lowest BCUT2D eigenvalue weighted by Gasteiger charge is -2.23. The quantitative estimate of drug-likeness (QED) is 0.921. The van der Waals surface area contributed by atoms with Crippen molar-refractivity contribution >= 4 is 0 Å². The van der Waals surface area contributed by atoms with Crippen LogP contribution >= 0.6 is 0 Å². The van der Waals surface area contributed by atoms with E-state index in [4.69, 9.17) is 0 Å². The predicted molar refractivity (Wildman–Crippen MR) is 70.5 cm³/mol. The van der Waals surface area contributed by atoms with E-state index >= 15 is 0 Å². The van der Waals surface area contributed by atoms with E-state index in [1.807, 2.05) is 25.9 Å². The first kappa shape index (κ1) is 15.3. The van der Waals surface area contributed by atoms with Crippen LogP contribution in [0.4, 0.5) is 13.2 Å². The van der Waals surface area contributed by atoms with E-state index < -0.39 is 12.0 Å². The molecule has 1 atom stereocenters. The Kier molecular flexibility index (Phi) is 4.39. The fourth-order valence-corrected chi connectivity index (χ4v) is 2.58. The van der Waals surface area contributed by atoms with E-state index in [1.165, 1.54) is 4.57 Å². The SMILES string of the molecule is CC(CCN(C)C)n1c(C(F)(F)F)nc2c1CCNC2. The minimum Gasteiger partial charge on any atom is -0.321 e. The summed E-state index contributed by atoms with van der Waals surface area (Å²) in [6.07, 6.45) is -3.12. The van der Waals surface area contributed by atoms with Crippen molar-refractivity contribution in [1.29, 1.82) is 0 Å². The number of alkyl halides is 3. The van der Waals surface area contributed by atoms with Crippen LogP contribution < -0.4 is 5.32 Å². The van der Waals surface area contributed by atoms with Crippen molar-refractivity contribution in [3.05, 3.63) is 17.2 Å². The van der Waals surface area contributed by atoms with Gasteiger partial charge in [-0.1, -0.05) is 0 Å². The highest BCUT2D eigenvalue weighted by Gasteiger charge is 2.40. The van der Waals surface area contributed by atoms with Gasteiger partial charge in [-0.25, -0.2) is 4.98 Å².